The molecular formula is C21H25ClN4O3. The maximum atomic E-state index is 12.0. The first-order chi connectivity index (χ1) is 14.0. The molecular weight excluding hydrogens is 392 g/mol. The average Bonchev–Trinajstić information content (AvgIpc) is 2.74. The van der Waals surface area contributed by atoms with Crippen LogP contribution in [0.2, 0.25) is 5.02 Å². The molecule has 0 aromatic heterocycles. The highest BCUT2D eigenvalue weighted by Gasteiger charge is 2.18. The molecule has 7 nitrogen and oxygen atoms in total. The van der Waals surface area contributed by atoms with Gasteiger partial charge in [-0.15, -0.1) is 0 Å². The van der Waals surface area contributed by atoms with Crippen molar-refractivity contribution in [2.24, 2.45) is 0 Å². The van der Waals surface area contributed by atoms with Crippen molar-refractivity contribution in [2.45, 2.75) is 0 Å². The van der Waals surface area contributed by atoms with Gasteiger partial charge in [0.05, 0.1) is 7.11 Å². The van der Waals surface area contributed by atoms with Crippen molar-refractivity contribution in [1.82, 2.24) is 10.2 Å². The van der Waals surface area contributed by atoms with Gasteiger partial charge in [-0.05, 0) is 42.5 Å². The molecule has 0 bridgehead atoms. The monoisotopic (exact) mass is 416 g/mol. The van der Waals surface area contributed by atoms with Crippen LogP contribution in [0.3, 0.4) is 0 Å². The molecule has 8 heteroatoms. The molecule has 0 spiro atoms. The molecule has 0 radical (unpaired) electrons. The van der Waals surface area contributed by atoms with Gasteiger partial charge in [-0.25, -0.2) is 0 Å². The molecule has 2 aromatic carbocycles. The van der Waals surface area contributed by atoms with Crippen molar-refractivity contribution in [3.63, 3.8) is 0 Å². The Kier molecular flexibility index (Phi) is 7.32. The van der Waals surface area contributed by atoms with Gasteiger partial charge >= 0.3 is 11.8 Å². The normalized spacial score (nSPS) is 14.3. The molecule has 154 valence electrons. The number of anilines is 2. The molecule has 2 N–H and O–H groups in total. The van der Waals surface area contributed by atoms with E-state index in [2.05, 4.69) is 32.6 Å². The number of hydrogen-bond donors (Lipinski definition) is 2. The fourth-order valence-electron chi connectivity index (χ4n) is 3.18. The van der Waals surface area contributed by atoms with Gasteiger partial charge in [0.25, 0.3) is 0 Å². The molecule has 29 heavy (non-hydrogen) atoms. The second-order valence-electron chi connectivity index (χ2n) is 6.75. The summed E-state index contributed by atoms with van der Waals surface area (Å²) >= 11 is 5.87. The summed E-state index contributed by atoms with van der Waals surface area (Å²) in [5, 5.41) is 5.70. The molecule has 2 amide bonds. The summed E-state index contributed by atoms with van der Waals surface area (Å²) in [5.74, 6) is -0.499. The van der Waals surface area contributed by atoms with Crippen LogP contribution in [-0.4, -0.2) is 63.1 Å². The number of methoxy groups -OCH3 is 1. The van der Waals surface area contributed by atoms with E-state index in [-0.39, 0.29) is 0 Å². The van der Waals surface area contributed by atoms with Gasteiger partial charge in [0.1, 0.15) is 5.75 Å². The Morgan fingerprint density at radius 2 is 1.76 bits per heavy atom. The zero-order valence-electron chi connectivity index (χ0n) is 16.4. The van der Waals surface area contributed by atoms with Crippen molar-refractivity contribution < 1.29 is 14.3 Å². The van der Waals surface area contributed by atoms with E-state index in [4.69, 9.17) is 16.3 Å². The molecule has 0 saturated carbocycles. The topological polar surface area (TPSA) is 73.9 Å². The van der Waals surface area contributed by atoms with Gasteiger partial charge in [-0.3, -0.25) is 14.5 Å². The lowest BCUT2D eigenvalue weighted by Crippen LogP contribution is -2.49. The first-order valence-corrected chi connectivity index (χ1v) is 9.89. The Balaban J connectivity index is 1.36. The Morgan fingerprint density at radius 3 is 2.41 bits per heavy atom. The van der Waals surface area contributed by atoms with Crippen LogP contribution in [-0.2, 0) is 9.59 Å². The summed E-state index contributed by atoms with van der Waals surface area (Å²) in [7, 11) is 1.66. The number of halogens is 1. The minimum absolute atomic E-state index is 0.421. The fourth-order valence-corrected chi connectivity index (χ4v) is 3.37. The maximum absolute atomic E-state index is 12.0. The largest absolute Gasteiger partial charge is 0.497 e. The number of benzene rings is 2. The average molecular weight is 417 g/mol. The number of carbonyl (C=O) groups excluding carboxylic acids is 2. The second-order valence-corrected chi connectivity index (χ2v) is 7.18. The van der Waals surface area contributed by atoms with Gasteiger partial charge in [0.2, 0.25) is 0 Å². The number of amides is 2. The summed E-state index contributed by atoms with van der Waals surface area (Å²) in [5.41, 5.74) is 1.67. The summed E-state index contributed by atoms with van der Waals surface area (Å²) < 4.78 is 5.20. The van der Waals surface area contributed by atoms with Crippen LogP contribution in [0.25, 0.3) is 0 Å². The van der Waals surface area contributed by atoms with Crippen LogP contribution in [0.1, 0.15) is 0 Å². The Hall–Kier alpha value is -2.77. The number of piperazine rings is 1. The first kappa shape index (κ1) is 21.0. The molecule has 1 aliphatic rings. The summed E-state index contributed by atoms with van der Waals surface area (Å²) in [6.45, 7) is 4.75. The molecule has 1 saturated heterocycles. The molecule has 1 heterocycles. The van der Waals surface area contributed by atoms with Gasteiger partial charge in [-0.2, -0.15) is 0 Å². The van der Waals surface area contributed by atoms with E-state index in [1.54, 1.807) is 31.4 Å². The number of nitrogens with zero attached hydrogens (tertiary/aromatic N) is 2. The van der Waals surface area contributed by atoms with E-state index in [9.17, 15) is 9.59 Å². The summed E-state index contributed by atoms with van der Waals surface area (Å²) in [6, 6.07) is 14.7. The quantitative estimate of drug-likeness (QED) is 0.706. The molecule has 0 unspecified atom stereocenters. The second kappa shape index (κ2) is 10.1. The van der Waals surface area contributed by atoms with Gasteiger partial charge < -0.3 is 20.3 Å². The lowest BCUT2D eigenvalue weighted by molar-refractivity contribution is -0.136. The zero-order chi connectivity index (χ0) is 20.6. The molecule has 3 rings (SSSR count). The number of carbonyl (C=O) groups is 2. The number of nitrogens with one attached hydrogen (secondary N) is 2. The highest BCUT2D eigenvalue weighted by Crippen LogP contribution is 2.20. The third-order valence-corrected chi connectivity index (χ3v) is 5.05. The van der Waals surface area contributed by atoms with Crippen LogP contribution in [0.5, 0.6) is 5.75 Å². The van der Waals surface area contributed by atoms with E-state index in [1.165, 1.54) is 5.69 Å². The number of hydrogen-bond acceptors (Lipinski definition) is 5. The predicted octanol–water partition coefficient (Wildman–Crippen LogP) is 2.23. The van der Waals surface area contributed by atoms with E-state index < -0.39 is 11.8 Å². The van der Waals surface area contributed by atoms with E-state index in [0.29, 0.717) is 23.8 Å². The third kappa shape index (κ3) is 6.10. The standard InChI is InChI=1S/C21H25ClN4O3/c1-29-19-7-5-18(6-8-19)26-13-11-25(12-14-26)10-9-23-20(27)21(28)24-17-4-2-3-16(22)15-17/h2-8,15H,9-14H2,1H3,(H,23,27)(H,24,28). The highest BCUT2D eigenvalue weighted by atomic mass is 35.5. The molecule has 0 atom stereocenters. The van der Waals surface area contributed by atoms with Crippen LogP contribution >= 0.6 is 11.6 Å². The van der Waals surface area contributed by atoms with Crippen molar-refractivity contribution in [3.05, 3.63) is 53.6 Å². The lowest BCUT2D eigenvalue weighted by atomic mass is 10.2. The van der Waals surface area contributed by atoms with Crippen molar-refractivity contribution in [3.8, 4) is 5.75 Å². The van der Waals surface area contributed by atoms with E-state index in [0.717, 1.165) is 31.9 Å². The fraction of sp³-hybridized carbons (Fsp3) is 0.333. The predicted molar refractivity (Wildman–Crippen MR) is 115 cm³/mol. The smallest absolute Gasteiger partial charge is 0.313 e. The van der Waals surface area contributed by atoms with Crippen molar-refractivity contribution in [1.29, 1.82) is 0 Å². The summed E-state index contributed by atoms with van der Waals surface area (Å²) in [6.07, 6.45) is 0. The van der Waals surface area contributed by atoms with Crippen molar-refractivity contribution in [2.75, 3.05) is 56.6 Å². The minimum atomic E-state index is -0.698. The first-order valence-electron chi connectivity index (χ1n) is 9.51. The SMILES string of the molecule is COc1ccc(N2CCN(CCNC(=O)C(=O)Nc3cccc(Cl)c3)CC2)cc1. The maximum Gasteiger partial charge on any atom is 0.313 e. The molecule has 1 aliphatic heterocycles. The van der Waals surface area contributed by atoms with Gasteiger partial charge in [0, 0.05) is 55.7 Å². The number of rotatable bonds is 6. The van der Waals surface area contributed by atoms with Crippen molar-refractivity contribution >= 4 is 34.8 Å². The van der Waals surface area contributed by atoms with Crippen LogP contribution in [0.4, 0.5) is 11.4 Å². The highest BCUT2D eigenvalue weighted by molar-refractivity contribution is 6.39. The van der Waals surface area contributed by atoms with Crippen LogP contribution in [0.15, 0.2) is 48.5 Å². The van der Waals surface area contributed by atoms with Crippen LogP contribution in [0, 0.1) is 0 Å². The lowest BCUT2D eigenvalue weighted by Gasteiger charge is -2.36. The minimum Gasteiger partial charge on any atom is -0.497 e. The van der Waals surface area contributed by atoms with Gasteiger partial charge in [0.15, 0.2) is 0 Å². The summed E-state index contributed by atoms with van der Waals surface area (Å²) in [4.78, 5) is 28.5. The molecule has 0 aliphatic carbocycles. The molecule has 2 aromatic rings. The van der Waals surface area contributed by atoms with Gasteiger partial charge in [-0.1, -0.05) is 17.7 Å². The Labute approximate surface area is 175 Å². The van der Waals surface area contributed by atoms with Crippen LogP contribution < -0.4 is 20.3 Å². The Bertz CT molecular complexity index is 836. The molecule has 1 fully saturated rings. The van der Waals surface area contributed by atoms with E-state index >= 15 is 0 Å². The van der Waals surface area contributed by atoms with E-state index in [1.807, 2.05) is 12.1 Å². The Morgan fingerprint density at radius 1 is 1.03 bits per heavy atom. The third-order valence-electron chi connectivity index (χ3n) is 4.81. The zero-order valence-corrected chi connectivity index (χ0v) is 17.1. The number of ether oxygens (including phenoxy) is 1.